The molecule has 1 aromatic rings. The van der Waals surface area contributed by atoms with E-state index in [-0.39, 0.29) is 23.1 Å². The Morgan fingerprint density at radius 2 is 1.90 bits per heavy atom. The van der Waals surface area contributed by atoms with E-state index in [0.717, 1.165) is 19.6 Å². The molecular weight excluding hydrogens is 268 g/mol. The number of hydrogen-bond acceptors (Lipinski definition) is 3. The molecule has 3 nitrogen and oxygen atoms in total. The van der Waals surface area contributed by atoms with Crippen LogP contribution in [0.25, 0.3) is 0 Å². The molecule has 4 heteroatoms. The molecule has 0 bridgehead atoms. The van der Waals surface area contributed by atoms with Crippen LogP contribution in [0.3, 0.4) is 0 Å². The molecule has 1 aliphatic heterocycles. The van der Waals surface area contributed by atoms with Crippen molar-refractivity contribution in [1.29, 1.82) is 0 Å². The summed E-state index contributed by atoms with van der Waals surface area (Å²) in [5, 5.41) is -0.218. The van der Waals surface area contributed by atoms with Crippen LogP contribution < -0.4 is 0 Å². The summed E-state index contributed by atoms with van der Waals surface area (Å²) in [6.45, 7) is 6.67. The molecule has 1 aliphatic rings. The number of likely N-dealkylation sites (N-methyl/N-ethyl adjacent to an activating group) is 1. The van der Waals surface area contributed by atoms with Gasteiger partial charge < -0.3 is 9.80 Å². The lowest BCUT2D eigenvalue weighted by molar-refractivity contribution is -0.136. The maximum Gasteiger partial charge on any atom is 0.236 e. The average molecular weight is 292 g/mol. The summed E-state index contributed by atoms with van der Waals surface area (Å²) in [7, 11) is 2.11. The Kier molecular flexibility index (Phi) is 5.11. The number of carbonyl (C=O) groups is 1. The van der Waals surface area contributed by atoms with Gasteiger partial charge in [0.15, 0.2) is 0 Å². The van der Waals surface area contributed by atoms with E-state index >= 15 is 0 Å². The molecule has 1 fully saturated rings. The Hall–Kier alpha value is -1.00. The summed E-state index contributed by atoms with van der Waals surface area (Å²) < 4.78 is 0. The van der Waals surface area contributed by atoms with Gasteiger partial charge in [0.1, 0.15) is 0 Å². The minimum absolute atomic E-state index is 0.135. The van der Waals surface area contributed by atoms with Crippen LogP contribution in [0.1, 0.15) is 25.5 Å². The lowest BCUT2D eigenvalue weighted by Crippen LogP contribution is -2.52. The van der Waals surface area contributed by atoms with E-state index in [1.165, 1.54) is 5.56 Å². The summed E-state index contributed by atoms with van der Waals surface area (Å²) in [5.41, 5.74) is 1.21. The third-order valence-electron chi connectivity index (χ3n) is 3.94. The van der Waals surface area contributed by atoms with Gasteiger partial charge in [-0.25, -0.2) is 0 Å². The van der Waals surface area contributed by atoms with Crippen molar-refractivity contribution < 1.29 is 4.79 Å². The molecule has 1 saturated heterocycles. The molecule has 110 valence electrons. The first-order valence-electron chi connectivity index (χ1n) is 7.22. The van der Waals surface area contributed by atoms with Crippen molar-refractivity contribution in [3.05, 3.63) is 35.9 Å². The van der Waals surface area contributed by atoms with Gasteiger partial charge in [0, 0.05) is 19.6 Å². The summed E-state index contributed by atoms with van der Waals surface area (Å²) in [6, 6.07) is 10.4. The van der Waals surface area contributed by atoms with Crippen molar-refractivity contribution >= 4 is 18.5 Å². The number of nitrogens with zero attached hydrogens (tertiary/aromatic N) is 2. The normalized spacial score (nSPS) is 22.1. The SMILES string of the molecule is CC(C)C(S)C(=O)N1CCN(C)CC1c1ccccc1. The van der Waals surface area contributed by atoms with Crippen molar-refractivity contribution in [3.8, 4) is 0 Å². The summed E-state index contributed by atoms with van der Waals surface area (Å²) in [4.78, 5) is 16.9. The highest BCUT2D eigenvalue weighted by molar-refractivity contribution is 7.81. The third-order valence-corrected chi connectivity index (χ3v) is 4.75. The summed E-state index contributed by atoms with van der Waals surface area (Å²) >= 11 is 4.50. The van der Waals surface area contributed by atoms with Gasteiger partial charge in [-0.1, -0.05) is 44.2 Å². The first-order chi connectivity index (χ1) is 9.50. The van der Waals surface area contributed by atoms with Crippen molar-refractivity contribution in [1.82, 2.24) is 9.80 Å². The predicted molar refractivity (Wildman–Crippen MR) is 86.0 cm³/mol. The van der Waals surface area contributed by atoms with Crippen LogP contribution >= 0.6 is 12.6 Å². The highest BCUT2D eigenvalue weighted by Crippen LogP contribution is 2.27. The van der Waals surface area contributed by atoms with Crippen LogP contribution in [0.15, 0.2) is 30.3 Å². The van der Waals surface area contributed by atoms with Crippen molar-refractivity contribution in [2.24, 2.45) is 5.92 Å². The molecule has 0 saturated carbocycles. The van der Waals surface area contributed by atoms with Gasteiger partial charge >= 0.3 is 0 Å². The van der Waals surface area contributed by atoms with Crippen LogP contribution in [0.5, 0.6) is 0 Å². The molecule has 2 rings (SSSR count). The van der Waals surface area contributed by atoms with E-state index in [9.17, 15) is 4.79 Å². The Bertz CT molecular complexity index is 449. The maximum atomic E-state index is 12.7. The van der Waals surface area contributed by atoms with Gasteiger partial charge in [-0.05, 0) is 18.5 Å². The van der Waals surface area contributed by atoms with E-state index in [1.807, 2.05) is 36.9 Å². The van der Waals surface area contributed by atoms with Crippen molar-refractivity contribution in [3.63, 3.8) is 0 Å². The molecule has 20 heavy (non-hydrogen) atoms. The van der Waals surface area contributed by atoms with Gasteiger partial charge in [-0.2, -0.15) is 12.6 Å². The van der Waals surface area contributed by atoms with E-state index in [4.69, 9.17) is 0 Å². The molecule has 0 aromatic heterocycles. The number of carbonyl (C=O) groups excluding carboxylic acids is 1. The van der Waals surface area contributed by atoms with Crippen LogP contribution in [0.4, 0.5) is 0 Å². The molecule has 0 N–H and O–H groups in total. The lowest BCUT2D eigenvalue weighted by atomic mass is 10.0. The fourth-order valence-electron chi connectivity index (χ4n) is 2.60. The van der Waals surface area contributed by atoms with E-state index in [0.29, 0.717) is 0 Å². The largest absolute Gasteiger partial charge is 0.332 e. The van der Waals surface area contributed by atoms with E-state index in [1.54, 1.807) is 0 Å². The van der Waals surface area contributed by atoms with E-state index < -0.39 is 0 Å². The van der Waals surface area contributed by atoms with Gasteiger partial charge in [-0.3, -0.25) is 4.79 Å². The number of hydrogen-bond donors (Lipinski definition) is 1. The van der Waals surface area contributed by atoms with Crippen LogP contribution in [-0.2, 0) is 4.79 Å². The zero-order chi connectivity index (χ0) is 14.7. The van der Waals surface area contributed by atoms with Crippen molar-refractivity contribution in [2.75, 3.05) is 26.7 Å². The molecule has 0 radical (unpaired) electrons. The molecule has 2 unspecified atom stereocenters. The average Bonchev–Trinajstić information content (AvgIpc) is 2.46. The standard InChI is InChI=1S/C16H24N2OS/c1-12(2)15(20)16(19)18-10-9-17(3)11-14(18)13-7-5-4-6-8-13/h4-8,12,14-15,20H,9-11H2,1-3H3. The fourth-order valence-corrected chi connectivity index (χ4v) is 2.75. The minimum atomic E-state index is -0.218. The Balaban J connectivity index is 2.23. The third kappa shape index (κ3) is 3.36. The molecule has 1 amide bonds. The highest BCUT2D eigenvalue weighted by atomic mass is 32.1. The first-order valence-corrected chi connectivity index (χ1v) is 7.74. The van der Waals surface area contributed by atoms with Crippen LogP contribution in [0, 0.1) is 5.92 Å². The Labute approximate surface area is 127 Å². The number of benzene rings is 1. The topological polar surface area (TPSA) is 23.6 Å². The number of amides is 1. The first kappa shape index (κ1) is 15.4. The molecule has 2 atom stereocenters. The Morgan fingerprint density at radius 1 is 1.25 bits per heavy atom. The quantitative estimate of drug-likeness (QED) is 0.865. The number of thiol groups is 1. The summed E-state index contributed by atoms with van der Waals surface area (Å²) in [6.07, 6.45) is 0. The second-order valence-electron chi connectivity index (χ2n) is 5.91. The zero-order valence-electron chi connectivity index (χ0n) is 12.5. The molecule has 1 aromatic carbocycles. The lowest BCUT2D eigenvalue weighted by Gasteiger charge is -2.41. The molecule has 0 aliphatic carbocycles. The second-order valence-corrected chi connectivity index (χ2v) is 6.47. The number of piperazine rings is 1. The zero-order valence-corrected chi connectivity index (χ0v) is 13.4. The minimum Gasteiger partial charge on any atom is -0.332 e. The van der Waals surface area contributed by atoms with Gasteiger partial charge in [-0.15, -0.1) is 0 Å². The number of rotatable bonds is 3. The predicted octanol–water partition coefficient (Wildman–Crippen LogP) is 2.46. The Morgan fingerprint density at radius 3 is 2.50 bits per heavy atom. The fraction of sp³-hybridized carbons (Fsp3) is 0.562. The molecular formula is C16H24N2OS. The monoisotopic (exact) mass is 292 g/mol. The van der Waals surface area contributed by atoms with Gasteiger partial charge in [0.05, 0.1) is 11.3 Å². The molecule has 1 heterocycles. The molecule has 0 spiro atoms. The van der Waals surface area contributed by atoms with E-state index in [2.05, 4.69) is 36.7 Å². The van der Waals surface area contributed by atoms with Crippen LogP contribution in [0.2, 0.25) is 0 Å². The van der Waals surface area contributed by atoms with Crippen LogP contribution in [-0.4, -0.2) is 47.6 Å². The maximum absolute atomic E-state index is 12.7. The van der Waals surface area contributed by atoms with Gasteiger partial charge in [0.25, 0.3) is 0 Å². The highest BCUT2D eigenvalue weighted by Gasteiger charge is 2.33. The van der Waals surface area contributed by atoms with Gasteiger partial charge in [0.2, 0.25) is 5.91 Å². The van der Waals surface area contributed by atoms with Crippen molar-refractivity contribution in [2.45, 2.75) is 25.1 Å². The second kappa shape index (κ2) is 6.64. The smallest absolute Gasteiger partial charge is 0.236 e. The summed E-state index contributed by atoms with van der Waals surface area (Å²) in [5.74, 6) is 0.409.